The second kappa shape index (κ2) is 6.81. The topological polar surface area (TPSA) is 99.7 Å². The van der Waals surface area contributed by atoms with E-state index in [0.29, 0.717) is 11.3 Å². The number of hydrogen-bond donors (Lipinski definition) is 2. The SMILES string of the molecule is COc1ccc2[nH]cc(C=C3C(=O)c4ccccc4S(=O)(=O)N3CCO)c2c1. The van der Waals surface area contributed by atoms with Crippen LogP contribution in [0, 0.1) is 0 Å². The van der Waals surface area contributed by atoms with Crippen molar-refractivity contribution in [1.29, 1.82) is 0 Å². The van der Waals surface area contributed by atoms with Gasteiger partial charge in [-0.05, 0) is 36.4 Å². The van der Waals surface area contributed by atoms with Crippen LogP contribution in [-0.4, -0.2) is 48.9 Å². The van der Waals surface area contributed by atoms with E-state index in [1.807, 2.05) is 12.1 Å². The number of benzene rings is 2. The fourth-order valence-corrected chi connectivity index (χ4v) is 5.01. The molecule has 1 aliphatic rings. The van der Waals surface area contributed by atoms with E-state index in [-0.39, 0.29) is 22.7 Å². The number of carbonyl (C=O) groups excluding carboxylic acids is 1. The molecule has 0 bridgehead atoms. The number of aromatic nitrogens is 1. The third-order valence-electron chi connectivity index (χ3n) is 4.72. The van der Waals surface area contributed by atoms with Gasteiger partial charge in [-0.15, -0.1) is 0 Å². The Labute approximate surface area is 161 Å². The average Bonchev–Trinajstić information content (AvgIpc) is 3.11. The average molecular weight is 398 g/mol. The first-order valence-electron chi connectivity index (χ1n) is 8.61. The number of sulfonamides is 1. The molecule has 2 heterocycles. The van der Waals surface area contributed by atoms with Crippen LogP contribution >= 0.6 is 0 Å². The standard InChI is InChI=1S/C20H18N2O5S/c1-27-14-6-7-17-16(11-14)13(12-21-17)10-18-20(24)15-4-2-3-5-19(15)28(25,26)22(18)8-9-23/h2-7,10-12,21,23H,8-9H2,1H3. The number of rotatable bonds is 4. The molecule has 0 spiro atoms. The van der Waals surface area contributed by atoms with Crippen molar-refractivity contribution in [2.24, 2.45) is 0 Å². The summed E-state index contributed by atoms with van der Waals surface area (Å²) >= 11 is 0. The molecule has 0 fully saturated rings. The molecule has 0 saturated carbocycles. The van der Waals surface area contributed by atoms with Gasteiger partial charge in [0.2, 0.25) is 5.78 Å². The van der Waals surface area contributed by atoms with Crippen LogP contribution in [0.2, 0.25) is 0 Å². The monoisotopic (exact) mass is 398 g/mol. The quantitative estimate of drug-likeness (QED) is 0.658. The molecule has 1 aromatic heterocycles. The Morgan fingerprint density at radius 1 is 1.21 bits per heavy atom. The van der Waals surface area contributed by atoms with Gasteiger partial charge in [0.15, 0.2) is 0 Å². The predicted octanol–water partition coefficient (Wildman–Crippen LogP) is 2.40. The van der Waals surface area contributed by atoms with Gasteiger partial charge in [0.25, 0.3) is 10.0 Å². The second-order valence-electron chi connectivity index (χ2n) is 6.31. The van der Waals surface area contributed by atoms with Crippen LogP contribution in [0.1, 0.15) is 15.9 Å². The summed E-state index contributed by atoms with van der Waals surface area (Å²) in [6.07, 6.45) is 3.23. The summed E-state index contributed by atoms with van der Waals surface area (Å²) in [6, 6.07) is 11.6. The molecule has 144 valence electrons. The number of ether oxygens (including phenoxy) is 1. The zero-order chi connectivity index (χ0) is 19.9. The number of nitrogens with zero attached hydrogens (tertiary/aromatic N) is 1. The van der Waals surface area contributed by atoms with Crippen LogP contribution in [0.3, 0.4) is 0 Å². The fourth-order valence-electron chi connectivity index (χ4n) is 3.36. The molecule has 28 heavy (non-hydrogen) atoms. The van der Waals surface area contributed by atoms with Crippen molar-refractivity contribution in [3.05, 3.63) is 65.5 Å². The highest BCUT2D eigenvalue weighted by atomic mass is 32.2. The number of fused-ring (bicyclic) bond motifs is 2. The molecule has 1 aliphatic heterocycles. The van der Waals surface area contributed by atoms with Crippen molar-refractivity contribution >= 4 is 32.8 Å². The van der Waals surface area contributed by atoms with Crippen molar-refractivity contribution in [1.82, 2.24) is 9.29 Å². The van der Waals surface area contributed by atoms with E-state index < -0.39 is 22.4 Å². The van der Waals surface area contributed by atoms with Gasteiger partial charge in [0.05, 0.1) is 25.2 Å². The highest BCUT2D eigenvalue weighted by Crippen LogP contribution is 2.34. The van der Waals surface area contributed by atoms with Gasteiger partial charge in [-0.25, -0.2) is 8.42 Å². The van der Waals surface area contributed by atoms with Crippen molar-refractivity contribution in [2.45, 2.75) is 4.90 Å². The van der Waals surface area contributed by atoms with E-state index in [1.165, 1.54) is 18.2 Å². The summed E-state index contributed by atoms with van der Waals surface area (Å²) < 4.78 is 32.3. The van der Waals surface area contributed by atoms with Gasteiger partial charge in [-0.2, -0.15) is 0 Å². The minimum Gasteiger partial charge on any atom is -0.497 e. The van der Waals surface area contributed by atoms with E-state index in [2.05, 4.69) is 4.98 Å². The number of aliphatic hydroxyl groups excluding tert-OH is 1. The summed E-state index contributed by atoms with van der Waals surface area (Å²) in [6.45, 7) is -0.617. The molecule has 0 atom stereocenters. The van der Waals surface area contributed by atoms with Gasteiger partial charge in [-0.1, -0.05) is 12.1 Å². The van der Waals surface area contributed by atoms with E-state index in [0.717, 1.165) is 15.2 Å². The first-order valence-corrected chi connectivity index (χ1v) is 10.1. The molecule has 0 unspecified atom stereocenters. The van der Waals surface area contributed by atoms with Crippen molar-refractivity contribution in [3.8, 4) is 5.75 Å². The molecule has 2 aromatic carbocycles. The normalized spacial score (nSPS) is 17.1. The molecule has 0 saturated heterocycles. The van der Waals surface area contributed by atoms with Gasteiger partial charge in [0, 0.05) is 28.2 Å². The van der Waals surface area contributed by atoms with Gasteiger partial charge in [0.1, 0.15) is 11.4 Å². The summed E-state index contributed by atoms with van der Waals surface area (Å²) in [5, 5.41) is 10.2. The number of β-amino-alcohol motifs (C(OH)–C–C–N with tert-alkyl or cyclic N) is 1. The smallest absolute Gasteiger partial charge is 0.265 e. The predicted molar refractivity (Wildman–Crippen MR) is 105 cm³/mol. The fraction of sp³-hybridized carbons (Fsp3) is 0.150. The van der Waals surface area contributed by atoms with E-state index in [1.54, 1.807) is 31.5 Å². The lowest BCUT2D eigenvalue weighted by Gasteiger charge is -2.30. The molecule has 0 amide bonds. The molecule has 4 rings (SSSR count). The maximum atomic E-state index is 13.1. The first-order chi connectivity index (χ1) is 13.5. The lowest BCUT2D eigenvalue weighted by molar-refractivity contribution is 0.0998. The summed E-state index contributed by atoms with van der Waals surface area (Å²) in [5.41, 5.74) is 1.60. The Bertz CT molecular complexity index is 1210. The van der Waals surface area contributed by atoms with Crippen LogP contribution in [0.5, 0.6) is 5.75 Å². The van der Waals surface area contributed by atoms with Crippen LogP contribution in [0.15, 0.2) is 59.3 Å². The third kappa shape index (κ3) is 2.78. The highest BCUT2D eigenvalue weighted by molar-refractivity contribution is 7.89. The van der Waals surface area contributed by atoms with Crippen LogP contribution < -0.4 is 4.74 Å². The van der Waals surface area contributed by atoms with Crippen molar-refractivity contribution < 1.29 is 23.1 Å². The molecular formula is C20H18N2O5S. The number of Topliss-reactive ketones (excluding diaryl/α,β-unsaturated/α-hetero) is 1. The number of methoxy groups -OCH3 is 1. The number of aliphatic hydroxyl groups is 1. The van der Waals surface area contributed by atoms with Crippen molar-refractivity contribution in [2.75, 3.05) is 20.3 Å². The number of hydrogen-bond acceptors (Lipinski definition) is 5. The highest BCUT2D eigenvalue weighted by Gasteiger charge is 2.38. The molecule has 8 heteroatoms. The number of allylic oxidation sites excluding steroid dienone is 1. The van der Waals surface area contributed by atoms with Gasteiger partial charge in [-0.3, -0.25) is 9.10 Å². The zero-order valence-corrected chi connectivity index (χ0v) is 15.9. The molecular weight excluding hydrogens is 380 g/mol. The third-order valence-corrected chi connectivity index (χ3v) is 6.59. The summed E-state index contributed by atoms with van der Waals surface area (Å²) in [7, 11) is -2.39. The van der Waals surface area contributed by atoms with E-state index in [4.69, 9.17) is 4.74 Å². The lowest BCUT2D eigenvalue weighted by Crippen LogP contribution is -2.40. The molecule has 0 radical (unpaired) electrons. The summed E-state index contributed by atoms with van der Waals surface area (Å²) in [4.78, 5) is 16.1. The van der Waals surface area contributed by atoms with Gasteiger partial charge < -0.3 is 14.8 Å². The first kappa shape index (κ1) is 18.3. The van der Waals surface area contributed by atoms with E-state index >= 15 is 0 Å². The number of H-pyrrole nitrogens is 1. The number of ketones is 1. The van der Waals surface area contributed by atoms with Gasteiger partial charge >= 0.3 is 0 Å². The minimum absolute atomic E-state index is 0.00327. The maximum absolute atomic E-state index is 13.1. The summed E-state index contributed by atoms with van der Waals surface area (Å²) in [5.74, 6) is 0.239. The molecule has 0 aliphatic carbocycles. The van der Waals surface area contributed by atoms with Crippen molar-refractivity contribution in [3.63, 3.8) is 0 Å². The Morgan fingerprint density at radius 3 is 2.75 bits per heavy atom. The number of carbonyl (C=O) groups is 1. The second-order valence-corrected chi connectivity index (χ2v) is 8.14. The van der Waals surface area contributed by atoms with Crippen LogP contribution in [0.25, 0.3) is 17.0 Å². The van der Waals surface area contributed by atoms with Crippen LogP contribution in [0.4, 0.5) is 0 Å². The zero-order valence-electron chi connectivity index (χ0n) is 15.0. The Kier molecular flexibility index (Phi) is 4.44. The van der Waals surface area contributed by atoms with Crippen LogP contribution in [-0.2, 0) is 10.0 Å². The maximum Gasteiger partial charge on any atom is 0.265 e. The lowest BCUT2D eigenvalue weighted by atomic mass is 10.0. The number of nitrogens with one attached hydrogen (secondary N) is 1. The molecule has 3 aromatic rings. The Hall–Kier alpha value is -3.10. The molecule has 2 N–H and O–H groups in total. The Morgan fingerprint density at radius 2 is 2.00 bits per heavy atom. The minimum atomic E-state index is -3.95. The number of aromatic amines is 1. The Balaban J connectivity index is 1.94. The largest absolute Gasteiger partial charge is 0.497 e. The molecule has 7 nitrogen and oxygen atoms in total. The van der Waals surface area contributed by atoms with E-state index in [9.17, 15) is 18.3 Å².